The van der Waals surface area contributed by atoms with Crippen molar-refractivity contribution in [2.45, 2.75) is 0 Å². The van der Waals surface area contributed by atoms with Crippen molar-refractivity contribution in [3.05, 3.63) is 163 Å². The summed E-state index contributed by atoms with van der Waals surface area (Å²) >= 11 is 0. The molecule has 0 N–H and O–H groups in total. The second-order valence-electron chi connectivity index (χ2n) is 12.4. The van der Waals surface area contributed by atoms with Crippen LogP contribution in [-0.2, 0) is 0 Å². The van der Waals surface area contributed by atoms with Crippen molar-refractivity contribution in [3.8, 4) is 29.2 Å². The van der Waals surface area contributed by atoms with Gasteiger partial charge in [-0.25, -0.2) is 0 Å². The molecule has 0 fully saturated rings. The average Bonchev–Trinajstić information content (AvgIpc) is 3.81. The van der Waals surface area contributed by atoms with E-state index in [4.69, 9.17) is 0 Å². The largest absolute Gasteiger partial charge is 0.309 e. The number of para-hydroxylation sites is 3. The van der Waals surface area contributed by atoms with E-state index in [0.717, 1.165) is 71.7 Å². The second-order valence-corrected chi connectivity index (χ2v) is 12.4. The minimum atomic E-state index is 0.619. The molecule has 0 bridgehead atoms. The van der Waals surface area contributed by atoms with Crippen molar-refractivity contribution in [1.82, 2.24) is 13.7 Å². The van der Waals surface area contributed by atoms with Gasteiger partial charge in [0.1, 0.15) is 0 Å². The molecule has 0 aliphatic carbocycles. The van der Waals surface area contributed by atoms with E-state index < -0.39 is 0 Å². The van der Waals surface area contributed by atoms with Gasteiger partial charge in [-0.05, 0) is 78.9 Å². The predicted molar refractivity (Wildman–Crippen MR) is 199 cm³/mol. The Morgan fingerprint density at radius 1 is 0.347 bits per heavy atom. The molecule has 3 heterocycles. The first kappa shape index (κ1) is 27.1. The fourth-order valence-corrected chi connectivity index (χ4v) is 7.89. The number of aromatic nitrogens is 3. The summed E-state index contributed by atoms with van der Waals surface area (Å²) in [4.78, 5) is 0. The molecule has 5 nitrogen and oxygen atoms in total. The summed E-state index contributed by atoms with van der Waals surface area (Å²) in [5.41, 5.74) is 10.9. The maximum atomic E-state index is 9.76. The Hall–Kier alpha value is -7.08. The van der Waals surface area contributed by atoms with E-state index in [9.17, 15) is 10.5 Å². The third kappa shape index (κ3) is 3.73. The van der Waals surface area contributed by atoms with Gasteiger partial charge in [-0.2, -0.15) is 10.5 Å². The SMILES string of the molecule is N#Cc1ccc(-n2c3c(ccc4c3c3ccccc3n4-c3ccccc3)c3ccc4c(c5ccccc5n4-c4cccc(C#N)c4)c32)cc1. The zero-order valence-electron chi connectivity index (χ0n) is 26.2. The lowest BCUT2D eigenvalue weighted by atomic mass is 10.1. The molecule has 0 saturated carbocycles. The first-order chi connectivity index (χ1) is 24.2. The van der Waals surface area contributed by atoms with E-state index in [1.807, 2.05) is 30.3 Å². The van der Waals surface area contributed by atoms with Crippen LogP contribution in [0.5, 0.6) is 0 Å². The molecule has 0 aliphatic rings. The Bertz CT molecular complexity index is 3050. The standard InChI is InChI=1S/C44H25N5/c45-26-28-17-19-31(20-18-28)49-43-33(21-23-39-41(43)35-13-4-6-15-37(35)47(39)30-10-2-1-3-11-30)34-22-24-40-42(44(34)49)36-14-5-7-16-38(36)48(40)32-12-8-9-29(25-32)27-46/h1-25H. The van der Waals surface area contributed by atoms with Crippen LogP contribution in [0.2, 0.25) is 0 Å². The van der Waals surface area contributed by atoms with E-state index in [1.165, 1.54) is 10.8 Å². The molecule has 0 spiro atoms. The molecule has 5 heteroatoms. The number of nitriles is 2. The molecule has 0 atom stereocenters. The minimum absolute atomic E-state index is 0.619. The van der Waals surface area contributed by atoms with Crippen LogP contribution in [0.1, 0.15) is 11.1 Å². The molecule has 7 aromatic carbocycles. The quantitative estimate of drug-likeness (QED) is 0.197. The van der Waals surface area contributed by atoms with Crippen molar-refractivity contribution in [2.75, 3.05) is 0 Å². The first-order valence-corrected chi connectivity index (χ1v) is 16.2. The Balaban J connectivity index is 1.46. The topological polar surface area (TPSA) is 62.4 Å². The van der Waals surface area contributed by atoms with Gasteiger partial charge < -0.3 is 13.7 Å². The molecule has 0 amide bonds. The normalized spacial score (nSPS) is 11.6. The molecule has 3 aromatic heterocycles. The van der Waals surface area contributed by atoms with Crippen molar-refractivity contribution in [2.24, 2.45) is 0 Å². The van der Waals surface area contributed by atoms with Gasteiger partial charge in [0.15, 0.2) is 0 Å². The number of fused-ring (bicyclic) bond motifs is 11. The number of hydrogen-bond acceptors (Lipinski definition) is 2. The fraction of sp³-hybridized carbons (Fsp3) is 0. The van der Waals surface area contributed by atoms with Crippen molar-refractivity contribution < 1.29 is 0 Å². The third-order valence-electron chi connectivity index (χ3n) is 9.86. The predicted octanol–water partition coefficient (Wildman–Crippen LogP) is 10.7. The molecule has 10 rings (SSSR count). The van der Waals surface area contributed by atoms with E-state index in [1.54, 1.807) is 0 Å². The van der Waals surface area contributed by atoms with Gasteiger partial charge in [-0.3, -0.25) is 0 Å². The lowest BCUT2D eigenvalue weighted by molar-refractivity contribution is 1.17. The lowest BCUT2D eigenvalue weighted by Gasteiger charge is -2.11. The number of nitrogens with zero attached hydrogens (tertiary/aromatic N) is 5. The van der Waals surface area contributed by atoms with Gasteiger partial charge in [0.05, 0.1) is 56.4 Å². The number of rotatable bonds is 3. The monoisotopic (exact) mass is 623 g/mol. The van der Waals surface area contributed by atoms with Gasteiger partial charge in [-0.15, -0.1) is 0 Å². The van der Waals surface area contributed by atoms with Gasteiger partial charge >= 0.3 is 0 Å². The fourth-order valence-electron chi connectivity index (χ4n) is 7.89. The minimum Gasteiger partial charge on any atom is -0.309 e. The third-order valence-corrected chi connectivity index (χ3v) is 9.86. The Labute approximate surface area is 280 Å². The second kappa shape index (κ2) is 10.2. The van der Waals surface area contributed by atoms with Gasteiger partial charge in [-0.1, -0.05) is 72.8 Å². The Kier molecular flexibility index (Phi) is 5.64. The van der Waals surface area contributed by atoms with Crippen LogP contribution in [0.3, 0.4) is 0 Å². The summed E-state index contributed by atoms with van der Waals surface area (Å²) in [6.07, 6.45) is 0. The molecule has 0 radical (unpaired) electrons. The summed E-state index contributed by atoms with van der Waals surface area (Å²) in [6, 6.07) is 57.0. The van der Waals surface area contributed by atoms with Gasteiger partial charge in [0.25, 0.3) is 0 Å². The van der Waals surface area contributed by atoms with Gasteiger partial charge in [0, 0.05) is 49.4 Å². The molecule has 0 aliphatic heterocycles. The van der Waals surface area contributed by atoms with E-state index in [-0.39, 0.29) is 0 Å². The number of benzene rings is 7. The summed E-state index contributed by atoms with van der Waals surface area (Å²) < 4.78 is 7.03. The highest BCUT2D eigenvalue weighted by molar-refractivity contribution is 6.31. The van der Waals surface area contributed by atoms with Crippen LogP contribution >= 0.6 is 0 Å². The van der Waals surface area contributed by atoms with Crippen LogP contribution in [0.15, 0.2) is 152 Å². The van der Waals surface area contributed by atoms with E-state index in [2.05, 4.69) is 147 Å². The highest BCUT2D eigenvalue weighted by Crippen LogP contribution is 2.46. The summed E-state index contributed by atoms with van der Waals surface area (Å²) in [7, 11) is 0. The molecule has 0 saturated heterocycles. The highest BCUT2D eigenvalue weighted by Gasteiger charge is 2.24. The van der Waals surface area contributed by atoms with Crippen LogP contribution in [0.25, 0.3) is 82.5 Å². The maximum Gasteiger partial charge on any atom is 0.0992 e. The summed E-state index contributed by atoms with van der Waals surface area (Å²) in [6.45, 7) is 0. The van der Waals surface area contributed by atoms with Crippen LogP contribution in [0.4, 0.5) is 0 Å². The van der Waals surface area contributed by atoms with E-state index >= 15 is 0 Å². The zero-order chi connectivity index (χ0) is 32.6. The van der Waals surface area contributed by atoms with E-state index in [0.29, 0.717) is 11.1 Å². The van der Waals surface area contributed by atoms with Crippen LogP contribution in [-0.4, -0.2) is 13.7 Å². The lowest BCUT2D eigenvalue weighted by Crippen LogP contribution is -1.96. The summed E-state index contributed by atoms with van der Waals surface area (Å²) in [5.74, 6) is 0. The molecular formula is C44H25N5. The summed E-state index contributed by atoms with van der Waals surface area (Å²) in [5, 5.41) is 26.4. The van der Waals surface area contributed by atoms with Crippen LogP contribution < -0.4 is 0 Å². The maximum absolute atomic E-state index is 9.76. The van der Waals surface area contributed by atoms with Crippen molar-refractivity contribution in [3.63, 3.8) is 0 Å². The average molecular weight is 624 g/mol. The van der Waals surface area contributed by atoms with Gasteiger partial charge in [0.2, 0.25) is 0 Å². The molecule has 49 heavy (non-hydrogen) atoms. The van der Waals surface area contributed by atoms with Crippen molar-refractivity contribution in [1.29, 1.82) is 10.5 Å². The smallest absolute Gasteiger partial charge is 0.0992 e. The zero-order valence-corrected chi connectivity index (χ0v) is 26.2. The molecule has 10 aromatic rings. The van der Waals surface area contributed by atoms with Crippen molar-refractivity contribution >= 4 is 65.4 Å². The Morgan fingerprint density at radius 2 is 0.857 bits per heavy atom. The first-order valence-electron chi connectivity index (χ1n) is 16.2. The molecule has 226 valence electrons. The molecular weight excluding hydrogens is 599 g/mol. The molecule has 0 unspecified atom stereocenters. The highest BCUT2D eigenvalue weighted by atomic mass is 15.0. The van der Waals surface area contributed by atoms with Crippen LogP contribution in [0, 0.1) is 22.7 Å². The Morgan fingerprint density at radius 3 is 1.45 bits per heavy atom. The number of hydrogen-bond donors (Lipinski definition) is 0.